The van der Waals surface area contributed by atoms with Gasteiger partial charge in [-0.2, -0.15) is 0 Å². The van der Waals surface area contributed by atoms with Gasteiger partial charge in [0.2, 0.25) is 0 Å². The quantitative estimate of drug-likeness (QED) is 0.181. The van der Waals surface area contributed by atoms with Gasteiger partial charge in [-0.05, 0) is 110 Å². The van der Waals surface area contributed by atoms with E-state index in [1.807, 2.05) is 17.8 Å². The van der Waals surface area contributed by atoms with Crippen LogP contribution in [0.1, 0.15) is 47.2 Å². The number of nitrogens with zero attached hydrogens (tertiary/aromatic N) is 1. The van der Waals surface area contributed by atoms with Crippen LogP contribution in [0.4, 0.5) is 17.1 Å². The van der Waals surface area contributed by atoms with Gasteiger partial charge in [0, 0.05) is 49.1 Å². The lowest BCUT2D eigenvalue weighted by Gasteiger charge is -2.40. The van der Waals surface area contributed by atoms with Crippen molar-refractivity contribution in [1.29, 1.82) is 0 Å². The Morgan fingerprint density at radius 2 is 0.891 bits per heavy atom. The molecule has 1 spiro atoms. The number of anilines is 3. The van der Waals surface area contributed by atoms with Gasteiger partial charge >= 0.3 is 0 Å². The van der Waals surface area contributed by atoms with Gasteiger partial charge in [0.1, 0.15) is 11.2 Å². The number of fused-ring (bicyclic) bond motifs is 15. The lowest BCUT2D eigenvalue weighted by molar-refractivity contribution is 0.660. The highest BCUT2D eigenvalue weighted by atomic mass is 32.2. The molecule has 9 aromatic rings. The third-order valence-corrected chi connectivity index (χ3v) is 13.7. The van der Waals surface area contributed by atoms with E-state index in [9.17, 15) is 0 Å². The van der Waals surface area contributed by atoms with Gasteiger partial charge in [-0.25, -0.2) is 0 Å². The van der Waals surface area contributed by atoms with Crippen LogP contribution >= 0.6 is 11.8 Å². The molecule has 0 fully saturated rings. The van der Waals surface area contributed by atoms with Crippen LogP contribution in [0.5, 0.6) is 0 Å². The van der Waals surface area contributed by atoms with E-state index in [1.54, 1.807) is 0 Å². The Bertz CT molecular complexity index is 3030. The van der Waals surface area contributed by atoms with Crippen LogP contribution in [0.15, 0.2) is 190 Å². The van der Waals surface area contributed by atoms with Gasteiger partial charge in [0.05, 0.1) is 5.41 Å². The molecule has 12 rings (SSSR count). The fourth-order valence-electron chi connectivity index (χ4n) is 10.1. The molecule has 0 atom stereocenters. The Balaban J connectivity index is 1.13. The zero-order valence-electron chi connectivity index (χ0n) is 30.5. The van der Waals surface area contributed by atoms with Crippen LogP contribution < -0.4 is 4.90 Å². The molecule has 0 N–H and O–H groups in total. The predicted octanol–water partition coefficient (Wildman–Crippen LogP) is 14.2. The molecule has 0 bridgehead atoms. The van der Waals surface area contributed by atoms with Gasteiger partial charge in [-0.3, -0.25) is 0 Å². The summed E-state index contributed by atoms with van der Waals surface area (Å²) in [6, 6.07) is 65.3. The minimum Gasteiger partial charge on any atom is -0.456 e. The maximum Gasteiger partial charge on any atom is 0.137 e. The molecule has 3 aliphatic rings. The zero-order valence-corrected chi connectivity index (χ0v) is 31.3. The summed E-state index contributed by atoms with van der Waals surface area (Å²) in [5, 5.41) is 2.26. The van der Waals surface area contributed by atoms with Crippen molar-refractivity contribution in [2.75, 3.05) is 4.90 Å². The lowest BCUT2D eigenvalue weighted by Crippen LogP contribution is -2.32. The van der Waals surface area contributed by atoms with Gasteiger partial charge in [-0.1, -0.05) is 141 Å². The van der Waals surface area contributed by atoms with E-state index < -0.39 is 5.41 Å². The molecule has 2 aliphatic carbocycles. The van der Waals surface area contributed by atoms with Gasteiger partial charge in [0.25, 0.3) is 0 Å². The molecule has 1 aromatic heterocycles. The summed E-state index contributed by atoms with van der Waals surface area (Å²) in [7, 11) is 0. The number of rotatable bonds is 3. The van der Waals surface area contributed by atoms with E-state index in [0.717, 1.165) is 39.0 Å². The average molecular weight is 722 g/mol. The van der Waals surface area contributed by atoms with Crippen LogP contribution in [-0.4, -0.2) is 0 Å². The number of furan rings is 1. The van der Waals surface area contributed by atoms with Crippen molar-refractivity contribution in [3.05, 3.63) is 209 Å². The monoisotopic (exact) mass is 721 g/mol. The Morgan fingerprint density at radius 1 is 0.400 bits per heavy atom. The topological polar surface area (TPSA) is 16.4 Å². The van der Waals surface area contributed by atoms with E-state index >= 15 is 0 Å². The second-order valence-corrected chi connectivity index (χ2v) is 16.7. The molecule has 2 heterocycles. The summed E-state index contributed by atoms with van der Waals surface area (Å²) in [4.78, 5) is 5.06. The molecule has 1 aliphatic heterocycles. The molecule has 0 saturated heterocycles. The molecule has 0 radical (unpaired) electrons. The standard InChI is InChI=1S/C52H35NOS/c1-51(2)41-16-6-3-13-35(41)37-26-23-32(29-45(37)51)53(34-25-28-40-39-15-5-10-20-47(39)54-48(40)31-34)33-24-27-38-36-14-4-7-17-42(36)52(46(38)30-33)43-18-8-11-21-49(43)55-50-22-12-9-19-44(50)52/h3-31H,1-2H3. The van der Waals surface area contributed by atoms with Gasteiger partial charge < -0.3 is 9.32 Å². The Hall–Kier alpha value is -6.29. The highest BCUT2D eigenvalue weighted by Crippen LogP contribution is 2.63. The smallest absolute Gasteiger partial charge is 0.137 e. The molecule has 2 nitrogen and oxygen atoms in total. The minimum atomic E-state index is -0.462. The van der Waals surface area contributed by atoms with Crippen molar-refractivity contribution >= 4 is 50.8 Å². The van der Waals surface area contributed by atoms with Crippen LogP contribution in [-0.2, 0) is 10.8 Å². The van der Waals surface area contributed by atoms with E-state index in [2.05, 4.69) is 189 Å². The van der Waals surface area contributed by atoms with Crippen molar-refractivity contribution in [2.24, 2.45) is 0 Å². The van der Waals surface area contributed by atoms with Crippen LogP contribution in [0.3, 0.4) is 0 Å². The molecule has 8 aromatic carbocycles. The number of benzene rings is 8. The summed E-state index contributed by atoms with van der Waals surface area (Å²) < 4.78 is 6.52. The van der Waals surface area contributed by atoms with Crippen molar-refractivity contribution in [1.82, 2.24) is 0 Å². The molecule has 55 heavy (non-hydrogen) atoms. The third kappa shape index (κ3) is 4.11. The Labute approximate surface area is 324 Å². The maximum absolute atomic E-state index is 6.52. The first-order chi connectivity index (χ1) is 27.0. The molecular formula is C52H35NOS. The lowest BCUT2D eigenvalue weighted by atomic mass is 9.67. The molecular weight excluding hydrogens is 687 g/mol. The van der Waals surface area contributed by atoms with Crippen LogP contribution in [0.25, 0.3) is 44.2 Å². The fraction of sp³-hybridized carbons (Fsp3) is 0.0769. The third-order valence-electron chi connectivity index (χ3n) is 12.5. The molecule has 0 amide bonds. The SMILES string of the molecule is CC1(C)c2ccccc2-c2ccc(N(c3ccc4c(c3)C3(c5ccccc5Sc5ccccc53)c3ccccc3-4)c3ccc4c(c3)oc3ccccc34)cc21. The zero-order chi connectivity index (χ0) is 36.5. The highest BCUT2D eigenvalue weighted by molar-refractivity contribution is 7.99. The summed E-state index contributed by atoms with van der Waals surface area (Å²) in [6.07, 6.45) is 0. The highest BCUT2D eigenvalue weighted by Gasteiger charge is 2.50. The molecule has 0 saturated carbocycles. The van der Waals surface area contributed by atoms with E-state index in [0.29, 0.717) is 0 Å². The second kappa shape index (κ2) is 11.1. The molecule has 260 valence electrons. The van der Waals surface area contributed by atoms with Crippen LogP contribution in [0.2, 0.25) is 0 Å². The van der Waals surface area contributed by atoms with Crippen molar-refractivity contribution in [2.45, 2.75) is 34.5 Å². The number of hydrogen-bond acceptors (Lipinski definition) is 3. The second-order valence-electron chi connectivity index (χ2n) is 15.6. The van der Waals surface area contributed by atoms with Crippen LogP contribution in [0, 0.1) is 0 Å². The van der Waals surface area contributed by atoms with E-state index in [1.165, 1.54) is 65.4 Å². The number of para-hydroxylation sites is 1. The summed E-state index contributed by atoms with van der Waals surface area (Å²) in [5.74, 6) is 0. The minimum absolute atomic E-state index is 0.132. The van der Waals surface area contributed by atoms with Crippen molar-refractivity contribution in [3.8, 4) is 22.3 Å². The Kier molecular flexibility index (Phi) is 6.29. The molecule has 0 unspecified atom stereocenters. The Morgan fingerprint density at radius 3 is 1.62 bits per heavy atom. The summed E-state index contributed by atoms with van der Waals surface area (Å²) >= 11 is 1.88. The van der Waals surface area contributed by atoms with E-state index in [-0.39, 0.29) is 5.41 Å². The number of hydrogen-bond donors (Lipinski definition) is 0. The molecule has 3 heteroatoms. The summed E-state index contributed by atoms with van der Waals surface area (Å²) in [5.41, 5.74) is 17.8. The maximum atomic E-state index is 6.52. The summed E-state index contributed by atoms with van der Waals surface area (Å²) in [6.45, 7) is 4.72. The first-order valence-electron chi connectivity index (χ1n) is 19.1. The first-order valence-corrected chi connectivity index (χ1v) is 19.9. The first kappa shape index (κ1) is 31.1. The van der Waals surface area contributed by atoms with Crippen molar-refractivity contribution in [3.63, 3.8) is 0 Å². The fourth-order valence-corrected chi connectivity index (χ4v) is 11.3. The van der Waals surface area contributed by atoms with Gasteiger partial charge in [0.15, 0.2) is 0 Å². The predicted molar refractivity (Wildman–Crippen MR) is 227 cm³/mol. The van der Waals surface area contributed by atoms with E-state index in [4.69, 9.17) is 4.42 Å². The normalized spacial score (nSPS) is 14.9. The average Bonchev–Trinajstić information content (AvgIpc) is 3.82. The van der Waals surface area contributed by atoms with Gasteiger partial charge in [-0.15, -0.1) is 0 Å². The van der Waals surface area contributed by atoms with Crippen molar-refractivity contribution < 1.29 is 4.42 Å². The largest absolute Gasteiger partial charge is 0.456 e.